The number of para-hydroxylation sites is 1. The van der Waals surface area contributed by atoms with E-state index in [0.29, 0.717) is 28.5 Å². The van der Waals surface area contributed by atoms with Crippen LogP contribution in [0.3, 0.4) is 0 Å². The van der Waals surface area contributed by atoms with Gasteiger partial charge in [-0.05, 0) is 30.3 Å². The molecule has 3 N–H and O–H groups in total. The minimum Gasteiger partial charge on any atom is -0.491 e. The molecule has 2 aromatic heterocycles. The molecule has 0 spiro atoms. The lowest BCUT2D eigenvalue weighted by Gasteiger charge is -2.10. The standard InChI is InChI=1S/C26H20F3N5O4/c1-34-18-10-13(25(35)30-8-9-38-19-5-3-2-4-14(19)26(36)37)6-7-17(18)31-21(34)12-20-32-23-16(28)11-15(27)22(29)24(23)33-20/h2-7,10-11H,8-9,12H2,1H3,(H,30,35)(H,32,33)(H,36,37). The Morgan fingerprint density at radius 2 is 1.87 bits per heavy atom. The van der Waals surface area contributed by atoms with Crippen LogP contribution in [0.1, 0.15) is 32.4 Å². The van der Waals surface area contributed by atoms with Gasteiger partial charge in [0.25, 0.3) is 5.91 Å². The van der Waals surface area contributed by atoms with Crippen LogP contribution < -0.4 is 10.1 Å². The highest BCUT2D eigenvalue weighted by Crippen LogP contribution is 2.24. The van der Waals surface area contributed by atoms with E-state index in [1.54, 1.807) is 41.9 Å². The first kappa shape index (κ1) is 24.8. The molecule has 5 aromatic rings. The van der Waals surface area contributed by atoms with Gasteiger partial charge in [-0.3, -0.25) is 4.79 Å². The summed E-state index contributed by atoms with van der Waals surface area (Å²) < 4.78 is 48.8. The normalized spacial score (nSPS) is 11.3. The van der Waals surface area contributed by atoms with Crippen molar-refractivity contribution in [2.24, 2.45) is 7.05 Å². The molecule has 5 rings (SSSR count). The van der Waals surface area contributed by atoms with Crippen molar-refractivity contribution in [2.75, 3.05) is 13.2 Å². The quantitative estimate of drug-likeness (QED) is 0.209. The topological polar surface area (TPSA) is 122 Å². The van der Waals surface area contributed by atoms with Crippen LogP contribution in [0.4, 0.5) is 13.2 Å². The number of carbonyl (C=O) groups is 2. The Labute approximate surface area is 212 Å². The van der Waals surface area contributed by atoms with E-state index in [1.165, 1.54) is 12.1 Å². The number of nitrogens with one attached hydrogen (secondary N) is 2. The molecule has 0 bridgehead atoms. The van der Waals surface area contributed by atoms with Crippen LogP contribution in [0.25, 0.3) is 22.1 Å². The molecule has 38 heavy (non-hydrogen) atoms. The molecule has 0 saturated carbocycles. The fraction of sp³-hybridized carbons (Fsp3) is 0.154. The summed E-state index contributed by atoms with van der Waals surface area (Å²) in [5.74, 6) is -4.06. The highest BCUT2D eigenvalue weighted by molar-refractivity contribution is 5.97. The number of aromatic amines is 1. The van der Waals surface area contributed by atoms with Crippen molar-refractivity contribution in [3.05, 3.63) is 88.8 Å². The number of aromatic carboxylic acids is 1. The first-order chi connectivity index (χ1) is 18.2. The third-order valence-electron chi connectivity index (χ3n) is 5.99. The maximum Gasteiger partial charge on any atom is 0.339 e. The van der Waals surface area contributed by atoms with Crippen molar-refractivity contribution in [3.63, 3.8) is 0 Å². The van der Waals surface area contributed by atoms with Crippen LogP contribution in [0.15, 0.2) is 48.5 Å². The largest absolute Gasteiger partial charge is 0.491 e. The Balaban J connectivity index is 1.28. The van der Waals surface area contributed by atoms with Crippen LogP contribution >= 0.6 is 0 Å². The molecule has 0 aliphatic heterocycles. The zero-order chi connectivity index (χ0) is 27.0. The van der Waals surface area contributed by atoms with E-state index >= 15 is 0 Å². The van der Waals surface area contributed by atoms with Gasteiger partial charge in [0.1, 0.15) is 40.6 Å². The van der Waals surface area contributed by atoms with Crippen LogP contribution in [0.5, 0.6) is 5.75 Å². The Morgan fingerprint density at radius 3 is 2.66 bits per heavy atom. The molecular weight excluding hydrogens is 503 g/mol. The lowest BCUT2D eigenvalue weighted by molar-refractivity contribution is 0.0691. The zero-order valence-corrected chi connectivity index (χ0v) is 19.9. The van der Waals surface area contributed by atoms with Crippen molar-refractivity contribution in [1.29, 1.82) is 0 Å². The van der Waals surface area contributed by atoms with E-state index in [-0.39, 0.29) is 53.7 Å². The van der Waals surface area contributed by atoms with Gasteiger partial charge in [0.2, 0.25) is 0 Å². The third-order valence-corrected chi connectivity index (χ3v) is 5.99. The Bertz CT molecular complexity index is 1710. The maximum absolute atomic E-state index is 14.0. The molecule has 0 saturated heterocycles. The average molecular weight is 523 g/mol. The molecule has 0 atom stereocenters. The lowest BCUT2D eigenvalue weighted by Crippen LogP contribution is -2.28. The number of nitrogens with zero attached hydrogens (tertiary/aromatic N) is 3. The number of aromatic nitrogens is 4. The summed E-state index contributed by atoms with van der Waals surface area (Å²) in [5.41, 5.74) is 0.964. The van der Waals surface area contributed by atoms with Crippen LogP contribution in [0, 0.1) is 17.5 Å². The summed E-state index contributed by atoms with van der Waals surface area (Å²) >= 11 is 0. The number of carboxylic acid groups (broad SMARTS) is 1. The predicted molar refractivity (Wildman–Crippen MR) is 131 cm³/mol. The predicted octanol–water partition coefficient (Wildman–Crippen LogP) is 3.96. The van der Waals surface area contributed by atoms with E-state index < -0.39 is 23.4 Å². The van der Waals surface area contributed by atoms with Crippen LogP contribution in [-0.4, -0.2) is 49.7 Å². The molecule has 2 heterocycles. The van der Waals surface area contributed by atoms with E-state index in [2.05, 4.69) is 20.3 Å². The van der Waals surface area contributed by atoms with E-state index in [9.17, 15) is 27.9 Å². The molecule has 1 amide bonds. The van der Waals surface area contributed by atoms with E-state index in [1.807, 2.05) is 0 Å². The zero-order valence-electron chi connectivity index (χ0n) is 19.9. The van der Waals surface area contributed by atoms with Gasteiger partial charge in [-0.2, -0.15) is 0 Å². The Hall–Kier alpha value is -4.87. The summed E-state index contributed by atoms with van der Waals surface area (Å²) in [6, 6.07) is 11.6. The van der Waals surface area contributed by atoms with Crippen molar-refractivity contribution in [1.82, 2.24) is 24.8 Å². The maximum atomic E-state index is 14.0. The summed E-state index contributed by atoms with van der Waals surface area (Å²) in [5, 5.41) is 11.9. The van der Waals surface area contributed by atoms with Gasteiger partial charge in [-0.25, -0.2) is 27.9 Å². The van der Waals surface area contributed by atoms with Crippen molar-refractivity contribution in [2.45, 2.75) is 6.42 Å². The first-order valence-electron chi connectivity index (χ1n) is 11.4. The molecule has 194 valence electrons. The number of halogens is 3. The second-order valence-corrected chi connectivity index (χ2v) is 8.43. The van der Waals surface area contributed by atoms with Gasteiger partial charge in [0, 0.05) is 18.7 Å². The second-order valence-electron chi connectivity index (χ2n) is 8.43. The SMILES string of the molecule is Cn1c(Cc2nc3c(F)cc(F)c(F)c3[nH]2)nc2ccc(C(=O)NCCOc3ccccc3C(=O)O)cc21. The van der Waals surface area contributed by atoms with Gasteiger partial charge in [0.15, 0.2) is 17.5 Å². The number of hydrogen-bond acceptors (Lipinski definition) is 5. The van der Waals surface area contributed by atoms with Crippen LogP contribution in [-0.2, 0) is 13.5 Å². The smallest absolute Gasteiger partial charge is 0.339 e. The molecule has 0 radical (unpaired) electrons. The summed E-state index contributed by atoms with van der Waals surface area (Å²) in [6.45, 7) is 0.206. The average Bonchev–Trinajstić information content (AvgIpc) is 3.46. The number of ether oxygens (including phenoxy) is 1. The fourth-order valence-electron chi connectivity index (χ4n) is 4.09. The highest BCUT2D eigenvalue weighted by Gasteiger charge is 2.19. The monoisotopic (exact) mass is 523 g/mol. The van der Waals surface area contributed by atoms with Gasteiger partial charge >= 0.3 is 5.97 Å². The van der Waals surface area contributed by atoms with Gasteiger partial charge in [-0.1, -0.05) is 12.1 Å². The molecule has 0 aliphatic rings. The van der Waals surface area contributed by atoms with Crippen molar-refractivity contribution in [3.8, 4) is 5.75 Å². The molecule has 9 nitrogen and oxygen atoms in total. The van der Waals surface area contributed by atoms with Gasteiger partial charge in [0.05, 0.1) is 24.0 Å². The van der Waals surface area contributed by atoms with Gasteiger partial charge < -0.3 is 24.7 Å². The Kier molecular flexibility index (Phi) is 6.45. The van der Waals surface area contributed by atoms with E-state index in [0.717, 1.165) is 0 Å². The molecule has 0 aliphatic carbocycles. The summed E-state index contributed by atoms with van der Waals surface area (Å²) in [7, 11) is 1.73. The molecular formula is C26H20F3N5O4. The fourth-order valence-corrected chi connectivity index (χ4v) is 4.09. The van der Waals surface area contributed by atoms with Crippen LogP contribution in [0.2, 0.25) is 0 Å². The number of benzene rings is 3. The molecule has 0 fully saturated rings. The third kappa shape index (κ3) is 4.63. The van der Waals surface area contributed by atoms with Crippen molar-refractivity contribution >= 4 is 33.9 Å². The van der Waals surface area contributed by atoms with E-state index in [4.69, 9.17) is 4.74 Å². The number of carboxylic acids is 1. The number of aryl methyl sites for hydroxylation is 1. The molecule has 3 aromatic carbocycles. The van der Waals surface area contributed by atoms with Crippen molar-refractivity contribution < 1.29 is 32.6 Å². The summed E-state index contributed by atoms with van der Waals surface area (Å²) in [4.78, 5) is 35.1. The van der Waals surface area contributed by atoms with Gasteiger partial charge in [-0.15, -0.1) is 0 Å². The highest BCUT2D eigenvalue weighted by atomic mass is 19.2. The second kappa shape index (κ2) is 9.88. The number of H-pyrrole nitrogens is 1. The minimum atomic E-state index is -1.31. The lowest BCUT2D eigenvalue weighted by atomic mass is 10.2. The number of carbonyl (C=O) groups excluding carboxylic acids is 1. The minimum absolute atomic E-state index is 0.0290. The Morgan fingerprint density at radius 1 is 1.08 bits per heavy atom. The number of hydrogen-bond donors (Lipinski definition) is 3. The molecule has 12 heteroatoms. The number of fused-ring (bicyclic) bond motifs is 2. The molecule has 0 unspecified atom stereocenters. The first-order valence-corrected chi connectivity index (χ1v) is 11.4. The number of amides is 1. The summed E-state index contributed by atoms with van der Waals surface area (Å²) in [6.07, 6.45) is 0.0804. The number of imidazole rings is 2. The number of rotatable bonds is 8.